The van der Waals surface area contributed by atoms with Crippen LogP contribution in [-0.2, 0) is 0 Å². The maximum atomic E-state index is 2.44. The van der Waals surface area contributed by atoms with E-state index in [9.17, 15) is 0 Å². The average Bonchev–Trinajstić information content (AvgIpc) is 2.14. The fourth-order valence-corrected chi connectivity index (χ4v) is 12.2. The molecule has 0 N–H and O–H groups in total. The number of hydrogen-bond donors (Lipinski definition) is 0. The van der Waals surface area contributed by atoms with Crippen LogP contribution in [0.1, 0.15) is 47.0 Å². The third kappa shape index (κ3) is 4.15. The average molecular weight is 277 g/mol. The second-order valence-corrected chi connectivity index (χ2v) is 20.1. The summed E-state index contributed by atoms with van der Waals surface area (Å²) in [6, 6.07) is 0. The Morgan fingerprint density at radius 2 is 1.25 bits per heavy atom. The molecule has 0 amide bonds. The normalized spacial score (nSPS) is 12.0. The molecule has 0 aromatic heterocycles. The molecule has 0 saturated carbocycles. The van der Waals surface area contributed by atoms with Crippen molar-refractivity contribution in [1.29, 1.82) is 0 Å². The molecule has 0 bridgehead atoms. The molecule has 0 nitrogen and oxygen atoms in total. The standard InChI is InChI=1S/C5H11.3C2H5.Sn/c1-3-5-4-2;3*1-2;/h1,3-5H2,2H3;3*1H2,2H3;. The van der Waals surface area contributed by atoms with Crippen molar-refractivity contribution in [3.8, 4) is 0 Å². The Balaban J connectivity index is 3.76. The van der Waals surface area contributed by atoms with E-state index >= 15 is 0 Å². The van der Waals surface area contributed by atoms with Crippen LogP contribution in [0.25, 0.3) is 0 Å². The van der Waals surface area contributed by atoms with Gasteiger partial charge in [0.05, 0.1) is 0 Å². The molecule has 0 atom stereocenters. The monoisotopic (exact) mass is 278 g/mol. The SMILES string of the molecule is CCCC[CH2][Sn]([CH2]C)([CH2]C)[CH2]C. The van der Waals surface area contributed by atoms with Crippen molar-refractivity contribution in [2.75, 3.05) is 0 Å². The van der Waals surface area contributed by atoms with Gasteiger partial charge < -0.3 is 0 Å². The Morgan fingerprint density at radius 1 is 0.750 bits per heavy atom. The van der Waals surface area contributed by atoms with E-state index < -0.39 is 18.4 Å². The van der Waals surface area contributed by atoms with E-state index in [1.165, 1.54) is 19.3 Å². The maximum absolute atomic E-state index is 2.44. The Morgan fingerprint density at radius 3 is 1.58 bits per heavy atom. The van der Waals surface area contributed by atoms with E-state index in [0.717, 1.165) is 0 Å². The summed E-state index contributed by atoms with van der Waals surface area (Å²) in [7, 11) is 0. The third-order valence-electron chi connectivity index (χ3n) is 3.56. The van der Waals surface area contributed by atoms with Gasteiger partial charge in [-0.15, -0.1) is 0 Å². The molecule has 0 saturated heterocycles. The number of rotatable bonds is 7. The van der Waals surface area contributed by atoms with E-state index in [1.807, 2.05) is 0 Å². The minimum atomic E-state index is -1.49. The Bertz CT molecular complexity index is 86.9. The molecule has 0 aliphatic carbocycles. The van der Waals surface area contributed by atoms with Crippen LogP contribution in [0, 0.1) is 0 Å². The van der Waals surface area contributed by atoms with Crippen molar-refractivity contribution < 1.29 is 0 Å². The van der Waals surface area contributed by atoms with Crippen LogP contribution >= 0.6 is 0 Å². The molecule has 12 heavy (non-hydrogen) atoms. The van der Waals surface area contributed by atoms with Crippen LogP contribution in [0.5, 0.6) is 0 Å². The van der Waals surface area contributed by atoms with Gasteiger partial charge in [-0.05, 0) is 0 Å². The second-order valence-electron chi connectivity index (χ2n) is 4.02. The van der Waals surface area contributed by atoms with Crippen molar-refractivity contribution >= 4 is 18.4 Å². The van der Waals surface area contributed by atoms with E-state index in [0.29, 0.717) is 0 Å². The predicted octanol–water partition coefficient (Wildman–Crippen LogP) is 4.69. The zero-order chi connectivity index (χ0) is 9.45. The quantitative estimate of drug-likeness (QED) is 0.468. The van der Waals surface area contributed by atoms with Crippen LogP contribution in [-0.4, -0.2) is 18.4 Å². The molecule has 0 unspecified atom stereocenters. The first kappa shape index (κ1) is 12.8. The molecule has 1 heteroatoms. The van der Waals surface area contributed by atoms with Crippen LogP contribution in [0.15, 0.2) is 0 Å². The Labute approximate surface area is 83.0 Å². The topological polar surface area (TPSA) is 0 Å². The molecule has 0 radical (unpaired) electrons. The Hall–Kier alpha value is 0.799. The van der Waals surface area contributed by atoms with Gasteiger partial charge in [0.2, 0.25) is 0 Å². The summed E-state index contributed by atoms with van der Waals surface area (Å²) >= 11 is -1.49. The van der Waals surface area contributed by atoms with Crippen molar-refractivity contribution in [2.24, 2.45) is 0 Å². The Kier molecular flexibility index (Phi) is 7.71. The molecule has 0 aromatic carbocycles. The molecule has 0 rings (SSSR count). The first-order valence-corrected chi connectivity index (χ1v) is 13.8. The van der Waals surface area contributed by atoms with Crippen molar-refractivity contribution in [3.05, 3.63) is 0 Å². The molecule has 0 fully saturated rings. The van der Waals surface area contributed by atoms with Gasteiger partial charge in [0.25, 0.3) is 0 Å². The zero-order valence-corrected chi connectivity index (χ0v) is 12.3. The summed E-state index contributed by atoms with van der Waals surface area (Å²) in [5, 5.41) is 0. The van der Waals surface area contributed by atoms with Gasteiger partial charge in [-0.25, -0.2) is 0 Å². The molecule has 0 aliphatic heterocycles. The molecule has 0 aromatic rings. The van der Waals surface area contributed by atoms with Crippen LogP contribution in [0.3, 0.4) is 0 Å². The fraction of sp³-hybridized carbons (Fsp3) is 1.00. The molecule has 74 valence electrons. The van der Waals surface area contributed by atoms with Gasteiger partial charge in [-0.1, -0.05) is 0 Å². The van der Waals surface area contributed by atoms with E-state index in [4.69, 9.17) is 0 Å². The van der Waals surface area contributed by atoms with Gasteiger partial charge in [-0.3, -0.25) is 0 Å². The summed E-state index contributed by atoms with van der Waals surface area (Å²) in [5.74, 6) is 0. The molecule has 0 aliphatic rings. The third-order valence-corrected chi connectivity index (χ3v) is 20.4. The van der Waals surface area contributed by atoms with Gasteiger partial charge in [0, 0.05) is 0 Å². The summed E-state index contributed by atoms with van der Waals surface area (Å²) in [4.78, 5) is 0. The number of hydrogen-bond acceptors (Lipinski definition) is 0. The predicted molar refractivity (Wildman–Crippen MR) is 61.5 cm³/mol. The van der Waals surface area contributed by atoms with Gasteiger partial charge in [-0.2, -0.15) is 0 Å². The summed E-state index contributed by atoms with van der Waals surface area (Å²) in [6.07, 6.45) is 4.39. The molecule has 0 spiro atoms. The van der Waals surface area contributed by atoms with Crippen LogP contribution in [0.4, 0.5) is 0 Å². The minimum absolute atomic E-state index is 1.39. The molecule has 0 heterocycles. The summed E-state index contributed by atoms with van der Waals surface area (Å²) in [6.45, 7) is 9.63. The van der Waals surface area contributed by atoms with E-state index in [-0.39, 0.29) is 0 Å². The summed E-state index contributed by atoms with van der Waals surface area (Å²) < 4.78 is 6.38. The molecular formula is C11H26Sn. The van der Waals surface area contributed by atoms with Gasteiger partial charge in [0.1, 0.15) is 0 Å². The van der Waals surface area contributed by atoms with Crippen molar-refractivity contribution in [2.45, 2.75) is 64.7 Å². The van der Waals surface area contributed by atoms with E-state index in [2.05, 4.69) is 27.7 Å². The second kappa shape index (κ2) is 7.23. The fourth-order valence-electron chi connectivity index (χ4n) is 2.03. The molecular weight excluding hydrogens is 251 g/mol. The van der Waals surface area contributed by atoms with E-state index in [1.54, 1.807) is 17.7 Å². The van der Waals surface area contributed by atoms with Crippen LogP contribution < -0.4 is 0 Å². The summed E-state index contributed by atoms with van der Waals surface area (Å²) in [5.41, 5.74) is 0. The first-order valence-electron chi connectivity index (χ1n) is 5.74. The van der Waals surface area contributed by atoms with Gasteiger partial charge in [0.15, 0.2) is 0 Å². The zero-order valence-electron chi connectivity index (χ0n) is 9.45. The van der Waals surface area contributed by atoms with Crippen LogP contribution in [0.2, 0.25) is 17.7 Å². The van der Waals surface area contributed by atoms with Crippen molar-refractivity contribution in [3.63, 3.8) is 0 Å². The van der Waals surface area contributed by atoms with Gasteiger partial charge >= 0.3 is 83.1 Å². The first-order chi connectivity index (χ1) is 5.74. The van der Waals surface area contributed by atoms with Crippen molar-refractivity contribution in [1.82, 2.24) is 0 Å². The number of unbranched alkanes of at least 4 members (excludes halogenated alkanes) is 2.